The lowest BCUT2D eigenvalue weighted by Gasteiger charge is -2.11. The van der Waals surface area contributed by atoms with Crippen molar-refractivity contribution < 1.29 is 13.6 Å². The van der Waals surface area contributed by atoms with Gasteiger partial charge in [0.2, 0.25) is 0 Å². The second-order valence-corrected chi connectivity index (χ2v) is 11.1. The van der Waals surface area contributed by atoms with E-state index >= 15 is 0 Å². The van der Waals surface area contributed by atoms with Gasteiger partial charge in [-0.25, -0.2) is 18.2 Å². The summed E-state index contributed by atoms with van der Waals surface area (Å²) in [6.07, 6.45) is 3.12. The Morgan fingerprint density at radius 2 is 1.70 bits per heavy atom. The van der Waals surface area contributed by atoms with E-state index in [0.29, 0.717) is 4.32 Å². The number of benzene rings is 3. The van der Waals surface area contributed by atoms with Gasteiger partial charge in [0.05, 0.1) is 10.6 Å². The third-order valence-electron chi connectivity index (χ3n) is 4.91. The summed E-state index contributed by atoms with van der Waals surface area (Å²) in [6.45, 7) is 0. The summed E-state index contributed by atoms with van der Waals surface area (Å²) < 4.78 is 25.9. The molecule has 0 aliphatic rings. The summed E-state index contributed by atoms with van der Waals surface area (Å²) in [7, 11) is -1.79. The zero-order chi connectivity index (χ0) is 23.6. The van der Waals surface area contributed by atoms with Crippen molar-refractivity contribution in [2.24, 2.45) is 0 Å². The normalized spacial score (nSPS) is 11.4. The number of hydrogen-bond acceptors (Lipinski definition) is 6. The minimum absolute atomic E-state index is 0.273. The van der Waals surface area contributed by atoms with Crippen molar-refractivity contribution in [1.29, 1.82) is 0 Å². The van der Waals surface area contributed by atoms with Crippen LogP contribution in [0.1, 0.15) is 0 Å². The molecule has 0 amide bonds. The van der Waals surface area contributed by atoms with Crippen LogP contribution in [0.2, 0.25) is 0 Å². The zero-order valence-corrected chi connectivity index (χ0v) is 20.4. The Bertz CT molecular complexity index is 1400. The van der Waals surface area contributed by atoms with Crippen LogP contribution in [0.15, 0.2) is 94.9 Å². The highest BCUT2D eigenvalue weighted by molar-refractivity contribution is 8.22. The summed E-state index contributed by atoms with van der Waals surface area (Å²) in [5.41, 5.74) is 4.31. The number of hydroxylamine groups is 2. The molecule has 0 unspecified atom stereocenters. The molecule has 1 heterocycles. The summed E-state index contributed by atoms with van der Waals surface area (Å²) in [4.78, 5) is 1.14. The molecular formula is C24H21N3O3S3. The number of thiocarbonyl (C=S) groups is 1. The van der Waals surface area contributed by atoms with Gasteiger partial charge in [0.15, 0.2) is 14.2 Å². The van der Waals surface area contributed by atoms with E-state index < -0.39 is 9.84 Å². The highest BCUT2D eigenvalue weighted by atomic mass is 32.2. The Hall–Kier alpha value is -2.98. The fourth-order valence-electron chi connectivity index (χ4n) is 3.26. The van der Waals surface area contributed by atoms with Crippen LogP contribution >= 0.6 is 24.0 Å². The van der Waals surface area contributed by atoms with Crippen molar-refractivity contribution in [2.45, 2.75) is 9.79 Å². The SMILES string of the molecule is CN(O)C(=S)Sc1cccc(-n2cc(-c3ccc(S(C)(=O)=O)cc3)c(-c3ccccc3)n2)c1. The highest BCUT2D eigenvalue weighted by Crippen LogP contribution is 2.33. The smallest absolute Gasteiger partial charge is 0.175 e. The molecule has 4 aromatic rings. The fraction of sp³-hybridized carbons (Fsp3) is 0.0833. The topological polar surface area (TPSA) is 75.4 Å². The molecule has 1 aromatic heterocycles. The molecule has 6 nitrogen and oxygen atoms in total. The van der Waals surface area contributed by atoms with Crippen molar-refractivity contribution in [2.75, 3.05) is 13.3 Å². The molecule has 0 spiro atoms. The molecule has 0 saturated carbocycles. The third-order valence-corrected chi connectivity index (χ3v) is 7.48. The first-order chi connectivity index (χ1) is 15.7. The van der Waals surface area contributed by atoms with Crippen LogP contribution in [0.25, 0.3) is 28.1 Å². The van der Waals surface area contributed by atoms with Crippen LogP contribution in [0, 0.1) is 0 Å². The summed E-state index contributed by atoms with van der Waals surface area (Å²) in [5, 5.41) is 15.3. The Morgan fingerprint density at radius 3 is 2.33 bits per heavy atom. The highest BCUT2D eigenvalue weighted by Gasteiger charge is 2.16. The quantitative estimate of drug-likeness (QED) is 0.228. The molecule has 0 atom stereocenters. The van der Waals surface area contributed by atoms with Crippen molar-refractivity contribution >= 4 is 38.1 Å². The van der Waals surface area contributed by atoms with Gasteiger partial charge in [-0.3, -0.25) is 5.21 Å². The first-order valence-electron chi connectivity index (χ1n) is 9.93. The molecule has 33 heavy (non-hydrogen) atoms. The molecule has 0 fully saturated rings. The van der Waals surface area contributed by atoms with E-state index in [2.05, 4.69) is 0 Å². The van der Waals surface area contributed by atoms with Gasteiger partial charge in [0, 0.05) is 35.5 Å². The largest absolute Gasteiger partial charge is 0.287 e. The Morgan fingerprint density at radius 1 is 1.00 bits per heavy atom. The van der Waals surface area contributed by atoms with Crippen molar-refractivity contribution in [3.63, 3.8) is 0 Å². The predicted octanol–water partition coefficient (Wildman–Crippen LogP) is 5.31. The second kappa shape index (κ2) is 9.48. The van der Waals surface area contributed by atoms with E-state index in [-0.39, 0.29) is 4.90 Å². The molecule has 168 valence electrons. The van der Waals surface area contributed by atoms with Gasteiger partial charge in [-0.1, -0.05) is 72.5 Å². The fourth-order valence-corrected chi connectivity index (χ4v) is 4.84. The van der Waals surface area contributed by atoms with Crippen LogP contribution in [-0.4, -0.2) is 46.1 Å². The Labute approximate surface area is 202 Å². The Balaban J connectivity index is 1.79. The minimum atomic E-state index is -3.28. The number of sulfone groups is 1. The average Bonchev–Trinajstić information content (AvgIpc) is 3.25. The lowest BCUT2D eigenvalue weighted by molar-refractivity contribution is 0.0205. The summed E-state index contributed by atoms with van der Waals surface area (Å²) in [5.74, 6) is 0. The van der Waals surface area contributed by atoms with Crippen molar-refractivity contribution in [1.82, 2.24) is 14.8 Å². The van der Waals surface area contributed by atoms with E-state index in [9.17, 15) is 13.6 Å². The van der Waals surface area contributed by atoms with Crippen LogP contribution < -0.4 is 0 Å². The standard InChI is InChI=1S/C24H21N3O3S3/c1-26(28)24(31)32-20-10-6-9-19(15-20)27-16-22(23(25-27)18-7-4-3-5-8-18)17-11-13-21(14-12-17)33(2,29)30/h3-16,28H,1-2H3. The van der Waals surface area contributed by atoms with E-state index in [1.165, 1.54) is 25.1 Å². The molecule has 9 heteroatoms. The molecular weight excluding hydrogens is 474 g/mol. The van der Waals surface area contributed by atoms with Gasteiger partial charge < -0.3 is 0 Å². The van der Waals surface area contributed by atoms with Gasteiger partial charge in [0.25, 0.3) is 0 Å². The van der Waals surface area contributed by atoms with E-state index in [4.69, 9.17) is 17.3 Å². The van der Waals surface area contributed by atoms with Crippen molar-refractivity contribution in [3.8, 4) is 28.1 Å². The van der Waals surface area contributed by atoms with Crippen LogP contribution in [-0.2, 0) is 9.84 Å². The van der Waals surface area contributed by atoms with Gasteiger partial charge in [-0.15, -0.1) is 0 Å². The van der Waals surface area contributed by atoms with Crippen LogP contribution in [0.5, 0.6) is 0 Å². The molecule has 3 aromatic carbocycles. The molecule has 0 bridgehead atoms. The van der Waals surface area contributed by atoms with Crippen LogP contribution in [0.4, 0.5) is 0 Å². The Kier molecular flexibility index (Phi) is 6.66. The van der Waals surface area contributed by atoms with E-state index in [1.807, 2.05) is 60.8 Å². The lowest BCUT2D eigenvalue weighted by atomic mass is 10.0. The summed E-state index contributed by atoms with van der Waals surface area (Å²) >= 11 is 6.46. The zero-order valence-electron chi connectivity index (χ0n) is 17.9. The third kappa shape index (κ3) is 5.33. The van der Waals surface area contributed by atoms with Gasteiger partial charge in [-0.2, -0.15) is 5.10 Å². The number of nitrogens with zero attached hydrogens (tertiary/aromatic N) is 3. The first-order valence-corrected chi connectivity index (χ1v) is 13.0. The maximum Gasteiger partial charge on any atom is 0.175 e. The monoisotopic (exact) mass is 495 g/mol. The second-order valence-electron chi connectivity index (χ2n) is 7.39. The molecule has 1 N–H and O–H groups in total. The maximum atomic E-state index is 11.9. The van der Waals surface area contributed by atoms with Crippen LogP contribution in [0.3, 0.4) is 0 Å². The number of thioether (sulfide) groups is 1. The van der Waals surface area contributed by atoms with E-state index in [0.717, 1.165) is 38.0 Å². The predicted molar refractivity (Wildman–Crippen MR) is 136 cm³/mol. The maximum absolute atomic E-state index is 11.9. The van der Waals surface area contributed by atoms with E-state index in [1.54, 1.807) is 28.9 Å². The molecule has 4 rings (SSSR count). The molecule has 0 saturated heterocycles. The van der Waals surface area contributed by atoms with Gasteiger partial charge >= 0.3 is 0 Å². The van der Waals surface area contributed by atoms with Crippen molar-refractivity contribution in [3.05, 3.63) is 85.1 Å². The molecule has 0 radical (unpaired) electrons. The number of aromatic nitrogens is 2. The number of hydrogen-bond donors (Lipinski definition) is 1. The van der Waals surface area contributed by atoms with Gasteiger partial charge in [-0.05, 0) is 35.9 Å². The lowest BCUT2D eigenvalue weighted by Crippen LogP contribution is -2.16. The molecule has 0 aliphatic carbocycles. The number of rotatable bonds is 5. The average molecular weight is 496 g/mol. The van der Waals surface area contributed by atoms with Gasteiger partial charge in [0.1, 0.15) is 5.69 Å². The molecule has 0 aliphatic heterocycles. The summed E-state index contributed by atoms with van der Waals surface area (Å²) in [6, 6.07) is 24.3. The minimum Gasteiger partial charge on any atom is -0.287 e. The first kappa shape index (κ1) is 23.2.